The smallest absolute Gasteiger partial charge is 0.253 e. The molecule has 6 heteroatoms. The summed E-state index contributed by atoms with van der Waals surface area (Å²) in [5.74, 6) is -0.684. The number of nitrogen functional groups attached to an aromatic ring is 1. The highest BCUT2D eigenvalue weighted by Gasteiger charge is 2.17. The Labute approximate surface area is 104 Å². The Bertz CT molecular complexity index is 448. The van der Waals surface area contributed by atoms with Gasteiger partial charge >= 0.3 is 0 Å². The van der Waals surface area contributed by atoms with Gasteiger partial charge in [-0.05, 0) is 25.1 Å². The molecule has 0 aliphatic rings. The van der Waals surface area contributed by atoms with Crippen molar-refractivity contribution in [3.05, 3.63) is 28.8 Å². The minimum Gasteiger partial charge on any atom is -0.399 e. The van der Waals surface area contributed by atoms with Gasteiger partial charge < -0.3 is 16.4 Å². The Morgan fingerprint density at radius 1 is 1.41 bits per heavy atom. The predicted octanol–water partition coefficient (Wildman–Crippen LogP) is 0.787. The van der Waals surface area contributed by atoms with E-state index in [4.69, 9.17) is 17.3 Å². The number of nitrogens with two attached hydrogens (primary N) is 1. The van der Waals surface area contributed by atoms with E-state index in [0.29, 0.717) is 5.69 Å². The highest BCUT2D eigenvalue weighted by atomic mass is 35.5. The lowest BCUT2D eigenvalue weighted by Gasteiger charge is -2.13. The first kappa shape index (κ1) is 13.3. The van der Waals surface area contributed by atoms with Crippen molar-refractivity contribution in [3.63, 3.8) is 0 Å². The van der Waals surface area contributed by atoms with Crippen LogP contribution in [0.1, 0.15) is 17.3 Å². The quantitative estimate of drug-likeness (QED) is 0.698. The molecule has 1 unspecified atom stereocenters. The zero-order valence-electron chi connectivity index (χ0n) is 9.58. The lowest BCUT2D eigenvalue weighted by atomic mass is 10.2. The van der Waals surface area contributed by atoms with E-state index >= 15 is 0 Å². The van der Waals surface area contributed by atoms with E-state index in [1.165, 1.54) is 19.2 Å². The van der Waals surface area contributed by atoms with Crippen LogP contribution < -0.4 is 16.4 Å². The van der Waals surface area contributed by atoms with Gasteiger partial charge in [0.1, 0.15) is 6.04 Å². The molecule has 0 radical (unpaired) electrons. The maximum atomic E-state index is 11.8. The fraction of sp³-hybridized carbons (Fsp3) is 0.273. The lowest BCUT2D eigenvalue weighted by Crippen LogP contribution is -2.43. The molecule has 17 heavy (non-hydrogen) atoms. The summed E-state index contributed by atoms with van der Waals surface area (Å²) in [6, 6.07) is 3.96. The lowest BCUT2D eigenvalue weighted by molar-refractivity contribution is -0.122. The Balaban J connectivity index is 2.80. The maximum absolute atomic E-state index is 11.8. The monoisotopic (exact) mass is 255 g/mol. The van der Waals surface area contributed by atoms with Gasteiger partial charge in [0.25, 0.3) is 5.91 Å². The number of benzene rings is 1. The molecule has 1 aromatic rings. The van der Waals surface area contributed by atoms with Crippen molar-refractivity contribution >= 4 is 29.1 Å². The molecule has 0 bridgehead atoms. The minimum absolute atomic E-state index is 0.256. The van der Waals surface area contributed by atoms with E-state index in [1.807, 2.05) is 0 Å². The summed E-state index contributed by atoms with van der Waals surface area (Å²) in [7, 11) is 1.50. The number of rotatable bonds is 3. The van der Waals surface area contributed by atoms with E-state index < -0.39 is 11.9 Å². The van der Waals surface area contributed by atoms with Crippen LogP contribution in [-0.4, -0.2) is 24.9 Å². The summed E-state index contributed by atoms with van der Waals surface area (Å²) in [6.45, 7) is 1.59. The number of nitrogens with one attached hydrogen (secondary N) is 2. The van der Waals surface area contributed by atoms with Crippen LogP contribution in [0, 0.1) is 0 Å². The maximum Gasteiger partial charge on any atom is 0.253 e. The Hall–Kier alpha value is -1.75. The van der Waals surface area contributed by atoms with Crippen LogP contribution >= 0.6 is 11.6 Å². The Kier molecular flexibility index (Phi) is 4.34. The predicted molar refractivity (Wildman–Crippen MR) is 66.9 cm³/mol. The van der Waals surface area contributed by atoms with Crippen LogP contribution in [0.25, 0.3) is 0 Å². The number of halogens is 1. The van der Waals surface area contributed by atoms with Gasteiger partial charge in [0.15, 0.2) is 0 Å². The van der Waals surface area contributed by atoms with Gasteiger partial charge in [-0.3, -0.25) is 9.59 Å². The molecular weight excluding hydrogens is 242 g/mol. The van der Waals surface area contributed by atoms with Crippen LogP contribution in [0.4, 0.5) is 5.69 Å². The molecule has 0 aliphatic heterocycles. The van der Waals surface area contributed by atoms with Crippen molar-refractivity contribution in [2.24, 2.45) is 0 Å². The molecule has 0 aliphatic carbocycles. The molecule has 0 heterocycles. The van der Waals surface area contributed by atoms with E-state index in [2.05, 4.69) is 10.6 Å². The molecular formula is C11H14ClN3O2. The second-order valence-electron chi connectivity index (χ2n) is 3.55. The minimum atomic E-state index is -0.624. The second kappa shape index (κ2) is 5.54. The molecule has 1 atom stereocenters. The van der Waals surface area contributed by atoms with E-state index in [-0.39, 0.29) is 16.5 Å². The van der Waals surface area contributed by atoms with Crippen molar-refractivity contribution in [1.82, 2.24) is 10.6 Å². The van der Waals surface area contributed by atoms with Crippen molar-refractivity contribution in [3.8, 4) is 0 Å². The fourth-order valence-electron chi connectivity index (χ4n) is 1.27. The average molecular weight is 256 g/mol. The van der Waals surface area contributed by atoms with Crippen LogP contribution in [0.5, 0.6) is 0 Å². The highest BCUT2D eigenvalue weighted by Crippen LogP contribution is 2.18. The molecule has 0 saturated heterocycles. The topological polar surface area (TPSA) is 84.2 Å². The zero-order valence-corrected chi connectivity index (χ0v) is 10.3. The third-order valence-corrected chi connectivity index (χ3v) is 2.54. The fourth-order valence-corrected chi connectivity index (χ4v) is 1.55. The largest absolute Gasteiger partial charge is 0.399 e. The van der Waals surface area contributed by atoms with Crippen LogP contribution in [-0.2, 0) is 4.79 Å². The summed E-state index contributed by atoms with van der Waals surface area (Å²) >= 11 is 5.88. The molecule has 0 fully saturated rings. The average Bonchev–Trinajstić information content (AvgIpc) is 2.27. The van der Waals surface area contributed by atoms with Crippen molar-refractivity contribution < 1.29 is 9.59 Å². The van der Waals surface area contributed by atoms with E-state index in [0.717, 1.165) is 0 Å². The Morgan fingerprint density at radius 2 is 2.06 bits per heavy atom. The molecule has 0 aromatic heterocycles. The normalized spacial score (nSPS) is 11.7. The number of likely N-dealkylation sites (N-methyl/N-ethyl adjacent to an activating group) is 1. The molecule has 4 N–H and O–H groups in total. The van der Waals surface area contributed by atoms with Gasteiger partial charge in [-0.1, -0.05) is 11.6 Å². The van der Waals surface area contributed by atoms with Crippen LogP contribution in [0.2, 0.25) is 5.02 Å². The second-order valence-corrected chi connectivity index (χ2v) is 3.96. The van der Waals surface area contributed by atoms with Crippen molar-refractivity contribution in [2.75, 3.05) is 12.8 Å². The summed E-state index contributed by atoms with van der Waals surface area (Å²) in [5.41, 5.74) is 6.28. The standard InChI is InChI=1S/C11H14ClN3O2/c1-6(10(16)14-2)15-11(17)8-4-3-7(13)5-9(8)12/h3-6H,13H2,1-2H3,(H,14,16)(H,15,17). The summed E-state index contributed by atoms with van der Waals surface area (Å²) < 4.78 is 0. The van der Waals surface area contributed by atoms with Crippen molar-refractivity contribution in [1.29, 1.82) is 0 Å². The van der Waals surface area contributed by atoms with Gasteiger partial charge in [-0.25, -0.2) is 0 Å². The first-order chi connectivity index (χ1) is 7.95. The van der Waals surface area contributed by atoms with Crippen LogP contribution in [0.3, 0.4) is 0 Å². The molecule has 1 rings (SSSR count). The van der Waals surface area contributed by atoms with Gasteiger partial charge in [-0.15, -0.1) is 0 Å². The summed E-state index contributed by atoms with van der Waals surface area (Å²) in [6.07, 6.45) is 0. The SMILES string of the molecule is CNC(=O)C(C)NC(=O)c1ccc(N)cc1Cl. The summed E-state index contributed by atoms with van der Waals surface area (Å²) in [5, 5.41) is 5.23. The number of hydrogen-bond donors (Lipinski definition) is 3. The van der Waals surface area contributed by atoms with Gasteiger partial charge in [0.05, 0.1) is 10.6 Å². The summed E-state index contributed by atoms with van der Waals surface area (Å²) in [4.78, 5) is 23.0. The first-order valence-electron chi connectivity index (χ1n) is 5.03. The van der Waals surface area contributed by atoms with Gasteiger partial charge in [-0.2, -0.15) is 0 Å². The molecule has 92 valence electrons. The van der Waals surface area contributed by atoms with Crippen molar-refractivity contribution in [2.45, 2.75) is 13.0 Å². The van der Waals surface area contributed by atoms with Gasteiger partial charge in [0.2, 0.25) is 5.91 Å². The number of carbonyl (C=O) groups is 2. The number of amides is 2. The van der Waals surface area contributed by atoms with E-state index in [9.17, 15) is 9.59 Å². The third-order valence-electron chi connectivity index (χ3n) is 2.23. The Morgan fingerprint density at radius 3 is 2.59 bits per heavy atom. The molecule has 5 nitrogen and oxygen atoms in total. The zero-order chi connectivity index (χ0) is 13.0. The highest BCUT2D eigenvalue weighted by molar-refractivity contribution is 6.34. The molecule has 1 aromatic carbocycles. The molecule has 0 saturated carbocycles. The third kappa shape index (κ3) is 3.35. The molecule has 2 amide bonds. The van der Waals surface area contributed by atoms with Crippen LogP contribution in [0.15, 0.2) is 18.2 Å². The number of hydrogen-bond acceptors (Lipinski definition) is 3. The van der Waals surface area contributed by atoms with E-state index in [1.54, 1.807) is 13.0 Å². The first-order valence-corrected chi connectivity index (χ1v) is 5.41. The van der Waals surface area contributed by atoms with Gasteiger partial charge in [0, 0.05) is 12.7 Å². The number of carbonyl (C=O) groups excluding carboxylic acids is 2. The number of anilines is 1. The molecule has 0 spiro atoms.